The van der Waals surface area contributed by atoms with E-state index in [0.717, 1.165) is 0 Å². The van der Waals surface area contributed by atoms with Crippen LogP contribution in [-0.4, -0.2) is 0 Å². The normalized spacial score (nSPS) is 10.6. The van der Waals surface area contributed by atoms with E-state index in [0.29, 0.717) is 0 Å². The Balaban J connectivity index is 1.97. The molecule has 104 valence electrons. The molecule has 0 heterocycles. The predicted octanol–water partition coefficient (Wildman–Crippen LogP) is 5.95. The Hall–Kier alpha value is -2.34. The van der Waals surface area contributed by atoms with Crippen molar-refractivity contribution in [3.8, 4) is 22.3 Å². The molecule has 0 atom stereocenters. The number of hydrogen-bond donors (Lipinski definition) is 0. The van der Waals surface area contributed by atoms with Gasteiger partial charge < -0.3 is 0 Å². The molecule has 0 aliphatic heterocycles. The Kier molecular flexibility index (Phi) is 3.62. The summed E-state index contributed by atoms with van der Waals surface area (Å²) in [6, 6.07) is 24.2. The molecule has 0 aliphatic rings. The van der Waals surface area contributed by atoms with Crippen molar-refractivity contribution in [1.82, 2.24) is 0 Å². The van der Waals surface area contributed by atoms with E-state index in [4.69, 9.17) is 0 Å². The van der Waals surface area contributed by atoms with E-state index in [2.05, 4.69) is 87.5 Å². The van der Waals surface area contributed by atoms with Crippen LogP contribution in [0.15, 0.2) is 66.7 Å². The molecule has 21 heavy (non-hydrogen) atoms. The van der Waals surface area contributed by atoms with Crippen LogP contribution in [-0.2, 0) is 0 Å². The fourth-order valence-corrected chi connectivity index (χ4v) is 2.82. The molecule has 0 unspecified atom stereocenters. The summed E-state index contributed by atoms with van der Waals surface area (Å²) in [4.78, 5) is 0. The molecule has 0 saturated heterocycles. The van der Waals surface area contributed by atoms with Crippen molar-refractivity contribution < 1.29 is 0 Å². The molecule has 0 nitrogen and oxygen atoms in total. The van der Waals surface area contributed by atoms with Crippen LogP contribution < -0.4 is 0 Å². The second kappa shape index (κ2) is 5.57. The van der Waals surface area contributed by atoms with Gasteiger partial charge in [0, 0.05) is 0 Å². The molecule has 3 aromatic rings. The average Bonchev–Trinajstić information content (AvgIpc) is 2.46. The minimum Gasteiger partial charge on any atom is -0.0614 e. The van der Waals surface area contributed by atoms with E-state index in [-0.39, 0.29) is 0 Å². The molecule has 0 amide bonds. The number of hydrogen-bond acceptors (Lipinski definition) is 0. The van der Waals surface area contributed by atoms with E-state index < -0.39 is 0 Å². The highest BCUT2D eigenvalue weighted by atomic mass is 14.1. The highest BCUT2D eigenvalue weighted by Gasteiger charge is 2.02. The molecule has 3 aromatic carbocycles. The predicted molar refractivity (Wildman–Crippen MR) is 91.5 cm³/mol. The van der Waals surface area contributed by atoms with Gasteiger partial charge in [0.25, 0.3) is 0 Å². The Bertz CT molecular complexity index is 744. The van der Waals surface area contributed by atoms with Gasteiger partial charge in [-0.2, -0.15) is 0 Å². The second-order valence-corrected chi connectivity index (χ2v) is 5.82. The quantitative estimate of drug-likeness (QED) is 0.541. The van der Waals surface area contributed by atoms with E-state index >= 15 is 0 Å². The van der Waals surface area contributed by atoms with Crippen molar-refractivity contribution in [2.24, 2.45) is 0 Å². The Morgan fingerprint density at radius 2 is 0.952 bits per heavy atom. The molecule has 0 saturated carbocycles. The van der Waals surface area contributed by atoms with Crippen LogP contribution in [0.1, 0.15) is 16.7 Å². The molecule has 0 radical (unpaired) electrons. The topological polar surface area (TPSA) is 0 Å². The molecule has 0 aliphatic carbocycles. The molecule has 0 bridgehead atoms. The highest BCUT2D eigenvalue weighted by molar-refractivity contribution is 5.71. The molecule has 3 rings (SSSR count). The van der Waals surface area contributed by atoms with E-state index in [1.807, 2.05) is 0 Å². The van der Waals surface area contributed by atoms with Gasteiger partial charge in [-0.25, -0.2) is 0 Å². The minimum atomic E-state index is 1.27. The van der Waals surface area contributed by atoms with Gasteiger partial charge in [0.05, 0.1) is 0 Å². The van der Waals surface area contributed by atoms with E-state index in [1.165, 1.54) is 38.9 Å². The van der Waals surface area contributed by atoms with Crippen molar-refractivity contribution in [2.75, 3.05) is 0 Å². The van der Waals surface area contributed by atoms with Crippen molar-refractivity contribution in [3.05, 3.63) is 83.4 Å². The van der Waals surface area contributed by atoms with Crippen LogP contribution in [0.2, 0.25) is 0 Å². The van der Waals surface area contributed by atoms with Crippen LogP contribution in [0, 0.1) is 20.8 Å². The van der Waals surface area contributed by atoms with Crippen LogP contribution in [0.4, 0.5) is 0 Å². The summed E-state index contributed by atoms with van der Waals surface area (Å²) in [6.07, 6.45) is 0. The molecule has 0 N–H and O–H groups in total. The first-order valence-electron chi connectivity index (χ1n) is 7.37. The van der Waals surface area contributed by atoms with Crippen molar-refractivity contribution in [2.45, 2.75) is 20.8 Å². The first-order valence-corrected chi connectivity index (χ1v) is 7.37. The lowest BCUT2D eigenvalue weighted by Gasteiger charge is -2.08. The largest absolute Gasteiger partial charge is 0.0614 e. The molecule has 0 spiro atoms. The number of rotatable bonds is 2. The van der Waals surface area contributed by atoms with Gasteiger partial charge in [-0.1, -0.05) is 83.4 Å². The Morgan fingerprint density at radius 1 is 0.429 bits per heavy atom. The maximum Gasteiger partial charge on any atom is -0.0179 e. The van der Waals surface area contributed by atoms with Gasteiger partial charge in [0.15, 0.2) is 0 Å². The van der Waals surface area contributed by atoms with Crippen molar-refractivity contribution >= 4 is 0 Å². The summed E-state index contributed by atoms with van der Waals surface area (Å²) >= 11 is 0. The minimum absolute atomic E-state index is 1.27. The van der Waals surface area contributed by atoms with Crippen LogP contribution in [0.3, 0.4) is 0 Å². The summed E-state index contributed by atoms with van der Waals surface area (Å²) in [7, 11) is 0. The average molecular weight is 272 g/mol. The van der Waals surface area contributed by atoms with Crippen LogP contribution in [0.25, 0.3) is 22.3 Å². The molecular formula is C21H20. The van der Waals surface area contributed by atoms with Gasteiger partial charge in [-0.3, -0.25) is 0 Å². The lowest BCUT2D eigenvalue weighted by atomic mass is 9.97. The van der Waals surface area contributed by atoms with Gasteiger partial charge in [-0.15, -0.1) is 0 Å². The van der Waals surface area contributed by atoms with Gasteiger partial charge >= 0.3 is 0 Å². The summed E-state index contributed by atoms with van der Waals surface area (Å²) in [5.41, 5.74) is 9.04. The van der Waals surface area contributed by atoms with Gasteiger partial charge in [-0.05, 0) is 43.0 Å². The molecule has 0 fully saturated rings. The lowest BCUT2D eigenvalue weighted by molar-refractivity contribution is 1.38. The number of benzene rings is 3. The maximum atomic E-state index is 2.24. The van der Waals surface area contributed by atoms with E-state index in [1.54, 1.807) is 0 Å². The molecular weight excluding hydrogens is 252 g/mol. The zero-order chi connectivity index (χ0) is 14.8. The third-order valence-corrected chi connectivity index (χ3v) is 3.79. The Morgan fingerprint density at radius 3 is 1.52 bits per heavy atom. The third kappa shape index (κ3) is 3.05. The highest BCUT2D eigenvalue weighted by Crippen LogP contribution is 2.26. The summed E-state index contributed by atoms with van der Waals surface area (Å²) in [5.74, 6) is 0. The van der Waals surface area contributed by atoms with Gasteiger partial charge in [0.1, 0.15) is 0 Å². The smallest absolute Gasteiger partial charge is 0.0179 e. The summed E-state index contributed by atoms with van der Waals surface area (Å²) in [6.45, 7) is 6.43. The first-order chi connectivity index (χ1) is 10.1. The monoisotopic (exact) mass is 272 g/mol. The first kappa shape index (κ1) is 13.6. The third-order valence-electron chi connectivity index (χ3n) is 3.79. The SMILES string of the molecule is Cc1cccc(-c2ccc(-c3cc(C)cc(C)c3)cc2)c1. The summed E-state index contributed by atoms with van der Waals surface area (Å²) in [5, 5.41) is 0. The zero-order valence-corrected chi connectivity index (χ0v) is 12.9. The standard InChI is InChI=1S/C21H20/c1-15-5-4-6-20(12-15)18-7-9-19(10-8-18)21-13-16(2)11-17(3)14-21/h4-14H,1-3H3. The number of aryl methyl sites for hydroxylation is 3. The van der Waals surface area contributed by atoms with Crippen LogP contribution >= 0.6 is 0 Å². The molecule has 0 heteroatoms. The van der Waals surface area contributed by atoms with Crippen molar-refractivity contribution in [1.29, 1.82) is 0 Å². The Labute approximate surface area is 127 Å². The maximum absolute atomic E-state index is 2.24. The summed E-state index contributed by atoms with van der Waals surface area (Å²) < 4.78 is 0. The van der Waals surface area contributed by atoms with Crippen LogP contribution in [0.5, 0.6) is 0 Å². The van der Waals surface area contributed by atoms with E-state index in [9.17, 15) is 0 Å². The molecule has 0 aromatic heterocycles. The van der Waals surface area contributed by atoms with Crippen molar-refractivity contribution in [3.63, 3.8) is 0 Å². The fourth-order valence-electron chi connectivity index (χ4n) is 2.82. The fraction of sp³-hybridized carbons (Fsp3) is 0.143. The van der Waals surface area contributed by atoms with Gasteiger partial charge in [0.2, 0.25) is 0 Å². The zero-order valence-electron chi connectivity index (χ0n) is 12.9. The second-order valence-electron chi connectivity index (χ2n) is 5.82. The lowest BCUT2D eigenvalue weighted by Crippen LogP contribution is -1.84.